The molecule has 0 radical (unpaired) electrons. The molecule has 0 spiro atoms. The van der Waals surface area contributed by atoms with E-state index in [2.05, 4.69) is 11.3 Å². The number of rotatable bonds is 3. The van der Waals surface area contributed by atoms with Gasteiger partial charge in [0.1, 0.15) is 5.83 Å². The summed E-state index contributed by atoms with van der Waals surface area (Å²) in [5, 5.41) is 0. The molecule has 0 saturated carbocycles. The smallest absolute Gasteiger partial charge is 0.143 e. The first-order valence-electron chi connectivity index (χ1n) is 2.48. The molecule has 9 heavy (non-hydrogen) atoms. The number of hydrogen-bond donors (Lipinski definition) is 1. The normalized spacial score (nSPS) is 12.7. The van der Waals surface area contributed by atoms with E-state index in [1.807, 2.05) is 0 Å². The van der Waals surface area contributed by atoms with Crippen molar-refractivity contribution in [1.29, 1.82) is 0 Å². The Bertz CT molecular complexity index is 131. The van der Waals surface area contributed by atoms with E-state index in [1.54, 1.807) is 0 Å². The van der Waals surface area contributed by atoms with Gasteiger partial charge in [-0.05, 0) is 6.08 Å². The zero-order chi connectivity index (χ0) is 7.28. The summed E-state index contributed by atoms with van der Waals surface area (Å²) in [5.41, 5.74) is 5.22. The molecule has 0 aromatic rings. The van der Waals surface area contributed by atoms with Crippen LogP contribution in [0.15, 0.2) is 24.2 Å². The van der Waals surface area contributed by atoms with Crippen molar-refractivity contribution in [3.63, 3.8) is 0 Å². The number of allylic oxidation sites excluding steroid dienone is 2. The van der Waals surface area contributed by atoms with Crippen LogP contribution in [-0.2, 0) is 4.74 Å². The summed E-state index contributed by atoms with van der Waals surface area (Å²) in [6, 6.07) is 0. The van der Waals surface area contributed by atoms with Crippen molar-refractivity contribution in [1.82, 2.24) is 0 Å². The molecule has 0 aliphatic rings. The molecule has 2 N–H and O–H groups in total. The predicted octanol–water partition coefficient (Wildman–Crippen LogP) is 0.959. The minimum atomic E-state index is -0.517. The van der Waals surface area contributed by atoms with E-state index >= 15 is 0 Å². The molecule has 0 fully saturated rings. The van der Waals surface area contributed by atoms with E-state index in [-0.39, 0.29) is 12.3 Å². The maximum absolute atomic E-state index is 12.3. The van der Waals surface area contributed by atoms with Crippen LogP contribution in [0.25, 0.3) is 0 Å². The highest BCUT2D eigenvalue weighted by atomic mass is 19.1. The SMILES string of the molecule is C=C/C(F)=C(/N)COC. The fourth-order valence-electron chi connectivity index (χ4n) is 0.356. The Morgan fingerprint density at radius 3 is 2.78 bits per heavy atom. The van der Waals surface area contributed by atoms with Crippen LogP contribution in [0.4, 0.5) is 4.39 Å². The second-order valence-electron chi connectivity index (χ2n) is 1.51. The first-order valence-corrected chi connectivity index (χ1v) is 2.48. The highest BCUT2D eigenvalue weighted by Crippen LogP contribution is 2.00. The second kappa shape index (κ2) is 4.09. The van der Waals surface area contributed by atoms with Crippen molar-refractivity contribution in [2.45, 2.75) is 0 Å². The zero-order valence-corrected chi connectivity index (χ0v) is 5.36. The molecule has 0 bridgehead atoms. The van der Waals surface area contributed by atoms with Crippen molar-refractivity contribution in [2.75, 3.05) is 13.7 Å². The van der Waals surface area contributed by atoms with Gasteiger partial charge in [-0.2, -0.15) is 0 Å². The van der Waals surface area contributed by atoms with Crippen LogP contribution in [0.2, 0.25) is 0 Å². The minimum Gasteiger partial charge on any atom is -0.398 e. The number of ether oxygens (including phenoxy) is 1. The van der Waals surface area contributed by atoms with Crippen molar-refractivity contribution in [2.24, 2.45) is 5.73 Å². The number of halogens is 1. The highest BCUT2D eigenvalue weighted by molar-refractivity contribution is 5.14. The lowest BCUT2D eigenvalue weighted by atomic mass is 10.4. The van der Waals surface area contributed by atoms with Crippen LogP contribution < -0.4 is 5.73 Å². The number of nitrogens with two attached hydrogens (primary N) is 1. The third kappa shape index (κ3) is 2.87. The van der Waals surface area contributed by atoms with Crippen LogP contribution in [0.3, 0.4) is 0 Å². The Labute approximate surface area is 53.8 Å². The topological polar surface area (TPSA) is 35.2 Å². The Balaban J connectivity index is 3.93. The van der Waals surface area contributed by atoms with Gasteiger partial charge < -0.3 is 10.5 Å². The van der Waals surface area contributed by atoms with Crippen LogP contribution in [-0.4, -0.2) is 13.7 Å². The van der Waals surface area contributed by atoms with Crippen molar-refractivity contribution in [3.8, 4) is 0 Å². The Hall–Kier alpha value is -0.830. The summed E-state index contributed by atoms with van der Waals surface area (Å²) in [6.07, 6.45) is 1.05. The maximum atomic E-state index is 12.3. The van der Waals surface area contributed by atoms with Crippen LogP contribution in [0, 0.1) is 0 Å². The largest absolute Gasteiger partial charge is 0.398 e. The van der Waals surface area contributed by atoms with Gasteiger partial charge in [-0.1, -0.05) is 6.58 Å². The van der Waals surface area contributed by atoms with E-state index in [4.69, 9.17) is 5.73 Å². The lowest BCUT2D eigenvalue weighted by molar-refractivity contribution is 0.222. The van der Waals surface area contributed by atoms with Gasteiger partial charge in [0, 0.05) is 7.11 Å². The molecule has 0 heterocycles. The van der Waals surface area contributed by atoms with Gasteiger partial charge >= 0.3 is 0 Å². The summed E-state index contributed by atoms with van der Waals surface area (Å²) >= 11 is 0. The average Bonchev–Trinajstić information content (AvgIpc) is 1.87. The van der Waals surface area contributed by atoms with Gasteiger partial charge in [-0.3, -0.25) is 0 Å². The van der Waals surface area contributed by atoms with E-state index in [9.17, 15) is 4.39 Å². The Kier molecular flexibility index (Phi) is 3.71. The van der Waals surface area contributed by atoms with Gasteiger partial charge in [0.2, 0.25) is 0 Å². The highest BCUT2D eigenvalue weighted by Gasteiger charge is 1.94. The van der Waals surface area contributed by atoms with Gasteiger partial charge in [0.25, 0.3) is 0 Å². The van der Waals surface area contributed by atoms with Crippen molar-refractivity contribution < 1.29 is 9.13 Å². The molecule has 0 aliphatic heterocycles. The van der Waals surface area contributed by atoms with Gasteiger partial charge in [0.05, 0.1) is 12.3 Å². The van der Waals surface area contributed by atoms with Crippen LogP contribution in [0.1, 0.15) is 0 Å². The molecule has 0 amide bonds. The molecule has 3 heteroatoms. The summed E-state index contributed by atoms with van der Waals surface area (Å²) in [5.74, 6) is -0.517. The van der Waals surface area contributed by atoms with E-state index in [1.165, 1.54) is 7.11 Å². The molecule has 2 nitrogen and oxygen atoms in total. The van der Waals surface area contributed by atoms with Gasteiger partial charge in [-0.15, -0.1) is 0 Å². The third-order valence-corrected chi connectivity index (χ3v) is 0.786. The molecule has 0 rings (SSSR count). The molecule has 0 aliphatic carbocycles. The second-order valence-corrected chi connectivity index (χ2v) is 1.51. The van der Waals surface area contributed by atoms with Crippen molar-refractivity contribution >= 4 is 0 Å². The van der Waals surface area contributed by atoms with E-state index < -0.39 is 5.83 Å². The Morgan fingerprint density at radius 2 is 2.44 bits per heavy atom. The fraction of sp³-hybridized carbons (Fsp3) is 0.333. The Morgan fingerprint density at radius 1 is 1.89 bits per heavy atom. The lowest BCUT2D eigenvalue weighted by Crippen LogP contribution is -2.05. The molecule has 52 valence electrons. The molecular formula is C6H10FNO. The summed E-state index contributed by atoms with van der Waals surface area (Å²) < 4.78 is 16.8. The van der Waals surface area contributed by atoms with E-state index in [0.29, 0.717) is 0 Å². The van der Waals surface area contributed by atoms with Gasteiger partial charge in [-0.25, -0.2) is 4.39 Å². The molecule has 0 atom stereocenters. The standard InChI is InChI=1S/C6H10FNO/c1-3-5(7)6(8)4-9-2/h3H,1,4,8H2,2H3/b6-5-. The zero-order valence-electron chi connectivity index (χ0n) is 5.36. The van der Waals surface area contributed by atoms with Crippen LogP contribution in [0.5, 0.6) is 0 Å². The summed E-state index contributed by atoms with van der Waals surface area (Å²) in [4.78, 5) is 0. The first-order chi connectivity index (χ1) is 4.22. The maximum Gasteiger partial charge on any atom is 0.143 e. The minimum absolute atomic E-state index is 0.0764. The predicted molar refractivity (Wildman–Crippen MR) is 34.4 cm³/mol. The number of hydrogen-bond acceptors (Lipinski definition) is 2. The monoisotopic (exact) mass is 131 g/mol. The fourth-order valence-corrected chi connectivity index (χ4v) is 0.356. The molecule has 0 saturated heterocycles. The first kappa shape index (κ1) is 8.17. The molecular weight excluding hydrogens is 121 g/mol. The summed E-state index contributed by atoms with van der Waals surface area (Å²) in [6.45, 7) is 3.30. The van der Waals surface area contributed by atoms with Gasteiger partial charge in [0.15, 0.2) is 0 Å². The average molecular weight is 131 g/mol. The molecule has 0 aromatic carbocycles. The molecule has 0 unspecified atom stereocenters. The van der Waals surface area contributed by atoms with Crippen molar-refractivity contribution in [3.05, 3.63) is 24.2 Å². The quantitative estimate of drug-likeness (QED) is 0.579. The lowest BCUT2D eigenvalue weighted by Gasteiger charge is -1.97. The third-order valence-electron chi connectivity index (χ3n) is 0.786. The van der Waals surface area contributed by atoms with E-state index in [0.717, 1.165) is 6.08 Å². The molecule has 0 aromatic heterocycles. The number of methoxy groups -OCH3 is 1. The van der Waals surface area contributed by atoms with Crippen LogP contribution >= 0.6 is 0 Å². The summed E-state index contributed by atoms with van der Waals surface area (Å²) in [7, 11) is 1.45.